The standard InChI is InChI=1S/C48H88NO7P/c1-6-8-10-12-14-16-18-20-22-24-26-28-30-32-34-36-38-40-43-53-45-47(46-55-57(51,52)54-44-42-49(3,4)5)56-48(50)41-39-37-35-33-31-29-27-25-23-21-19-17-15-13-11-9-7-2/h8,10,14-17,20-23,47H,6-7,9,11-13,18-19,24-46H2,1-5H3/p+1/b10-8-,16-14-,17-15-,22-20-,23-21-. The number of carbonyl (C=O) groups is 1. The number of phosphoric acid groups is 1. The van der Waals surface area contributed by atoms with E-state index in [1.54, 1.807) is 0 Å². The second-order valence-corrected chi connectivity index (χ2v) is 17.9. The molecule has 1 N–H and O–H groups in total. The molecular weight excluding hydrogens is 734 g/mol. The third kappa shape index (κ3) is 45.1. The molecule has 0 aliphatic carbocycles. The summed E-state index contributed by atoms with van der Waals surface area (Å²) in [6, 6.07) is 0. The number of phosphoric ester groups is 1. The maximum Gasteiger partial charge on any atom is 0.472 e. The molecule has 0 saturated carbocycles. The van der Waals surface area contributed by atoms with Crippen LogP contribution in [0.3, 0.4) is 0 Å². The molecule has 0 aliphatic heterocycles. The van der Waals surface area contributed by atoms with Crippen LogP contribution < -0.4 is 0 Å². The van der Waals surface area contributed by atoms with E-state index in [9.17, 15) is 14.3 Å². The van der Waals surface area contributed by atoms with Crippen molar-refractivity contribution in [3.63, 3.8) is 0 Å². The van der Waals surface area contributed by atoms with E-state index in [1.165, 1.54) is 96.3 Å². The molecule has 0 rings (SSSR count). The first-order valence-corrected chi connectivity index (χ1v) is 24.5. The van der Waals surface area contributed by atoms with Crippen molar-refractivity contribution in [1.29, 1.82) is 0 Å². The number of nitrogens with zero attached hydrogens (tertiary/aromatic N) is 1. The molecule has 8 nitrogen and oxygen atoms in total. The SMILES string of the molecule is CC/C=C\C/C=C\C/C=C\CCCCCCCCCCOCC(COP(=O)(O)OCC[N+](C)(C)C)OC(=O)CCCCCCCCC/C=C\C/C=C\CCCCC. The van der Waals surface area contributed by atoms with Crippen LogP contribution >= 0.6 is 7.82 Å². The van der Waals surface area contributed by atoms with Crippen LogP contribution in [0.4, 0.5) is 0 Å². The summed E-state index contributed by atoms with van der Waals surface area (Å²) in [5.74, 6) is -0.326. The van der Waals surface area contributed by atoms with Gasteiger partial charge < -0.3 is 18.9 Å². The second kappa shape index (κ2) is 41.0. The van der Waals surface area contributed by atoms with E-state index in [1.807, 2.05) is 21.1 Å². The highest BCUT2D eigenvalue weighted by atomic mass is 31.2. The molecule has 0 bridgehead atoms. The van der Waals surface area contributed by atoms with E-state index >= 15 is 0 Å². The summed E-state index contributed by atoms with van der Waals surface area (Å²) in [7, 11) is 1.65. The van der Waals surface area contributed by atoms with Crippen molar-refractivity contribution in [1.82, 2.24) is 0 Å². The first-order valence-electron chi connectivity index (χ1n) is 23.0. The van der Waals surface area contributed by atoms with Crippen molar-refractivity contribution in [3.8, 4) is 0 Å². The van der Waals surface area contributed by atoms with Crippen LogP contribution in [0.5, 0.6) is 0 Å². The molecular formula is C48H89NO7P+. The van der Waals surface area contributed by atoms with E-state index in [4.69, 9.17) is 18.5 Å². The summed E-state index contributed by atoms with van der Waals surface area (Å²) in [6.07, 6.45) is 51.1. The van der Waals surface area contributed by atoms with E-state index in [-0.39, 0.29) is 25.8 Å². The molecule has 0 spiro atoms. The van der Waals surface area contributed by atoms with Crippen LogP contribution in [0.15, 0.2) is 60.8 Å². The van der Waals surface area contributed by atoms with Gasteiger partial charge in [0.2, 0.25) is 0 Å². The van der Waals surface area contributed by atoms with Gasteiger partial charge in [0.15, 0.2) is 0 Å². The van der Waals surface area contributed by atoms with Crippen molar-refractivity contribution in [2.24, 2.45) is 0 Å². The first-order chi connectivity index (χ1) is 27.6. The number of ether oxygens (including phenoxy) is 2. The number of quaternary nitrogens is 1. The zero-order chi connectivity index (χ0) is 42.0. The van der Waals surface area contributed by atoms with Crippen LogP contribution in [0.2, 0.25) is 0 Å². The molecule has 0 fully saturated rings. The minimum atomic E-state index is -4.28. The molecule has 0 aromatic heterocycles. The van der Waals surface area contributed by atoms with E-state index in [0.29, 0.717) is 24.1 Å². The first kappa shape index (κ1) is 55.2. The van der Waals surface area contributed by atoms with Crippen LogP contribution in [0.1, 0.15) is 181 Å². The summed E-state index contributed by atoms with van der Waals surface area (Å²) in [5.41, 5.74) is 0. The van der Waals surface area contributed by atoms with E-state index in [0.717, 1.165) is 64.2 Å². The number of carbonyl (C=O) groups excluding carboxylic acids is 1. The van der Waals surface area contributed by atoms with Gasteiger partial charge in [0.1, 0.15) is 19.3 Å². The van der Waals surface area contributed by atoms with Gasteiger partial charge in [0.25, 0.3) is 0 Å². The van der Waals surface area contributed by atoms with E-state index < -0.39 is 13.9 Å². The lowest BCUT2D eigenvalue weighted by molar-refractivity contribution is -0.870. The third-order valence-corrected chi connectivity index (χ3v) is 10.5. The van der Waals surface area contributed by atoms with Gasteiger partial charge in [0, 0.05) is 13.0 Å². The molecule has 0 heterocycles. The summed E-state index contributed by atoms with van der Waals surface area (Å²) < 4.78 is 35.0. The number of rotatable bonds is 42. The lowest BCUT2D eigenvalue weighted by Crippen LogP contribution is -2.37. The average Bonchev–Trinajstić information content (AvgIpc) is 3.16. The predicted octanol–water partition coefficient (Wildman–Crippen LogP) is 13.7. The lowest BCUT2D eigenvalue weighted by Gasteiger charge is -2.24. The summed E-state index contributed by atoms with van der Waals surface area (Å²) in [6.45, 7) is 5.46. The predicted molar refractivity (Wildman–Crippen MR) is 242 cm³/mol. The quantitative estimate of drug-likeness (QED) is 0.0215. The fourth-order valence-corrected chi connectivity index (χ4v) is 6.75. The highest BCUT2D eigenvalue weighted by Crippen LogP contribution is 2.43. The molecule has 0 saturated heterocycles. The Labute approximate surface area is 351 Å². The minimum Gasteiger partial charge on any atom is -0.457 e. The topological polar surface area (TPSA) is 91.3 Å². The Hall–Kier alpha value is -1.80. The normalized spacial score (nSPS) is 14.3. The fraction of sp³-hybridized carbons (Fsp3) is 0.771. The Morgan fingerprint density at radius 3 is 1.53 bits per heavy atom. The molecule has 332 valence electrons. The minimum absolute atomic E-state index is 0.0829. The molecule has 9 heteroatoms. The number of esters is 1. The number of unbranched alkanes of at least 4 members (excludes halogenated alkanes) is 18. The maximum atomic E-state index is 12.7. The second-order valence-electron chi connectivity index (χ2n) is 16.4. The molecule has 0 amide bonds. The summed E-state index contributed by atoms with van der Waals surface area (Å²) >= 11 is 0. The van der Waals surface area contributed by atoms with Crippen LogP contribution in [0.25, 0.3) is 0 Å². The zero-order valence-electron chi connectivity index (χ0n) is 37.6. The Balaban J connectivity index is 4.24. The van der Waals surface area contributed by atoms with Crippen molar-refractivity contribution in [2.75, 3.05) is 54.1 Å². The number of hydrogen-bond acceptors (Lipinski definition) is 6. The molecule has 2 atom stereocenters. The Morgan fingerprint density at radius 2 is 1.02 bits per heavy atom. The summed E-state index contributed by atoms with van der Waals surface area (Å²) in [4.78, 5) is 22.9. The molecule has 0 aromatic carbocycles. The van der Waals surface area contributed by atoms with Crippen molar-refractivity contribution in [2.45, 2.75) is 187 Å². The summed E-state index contributed by atoms with van der Waals surface area (Å²) in [5, 5.41) is 0. The Morgan fingerprint density at radius 1 is 0.561 bits per heavy atom. The molecule has 0 aromatic rings. The highest BCUT2D eigenvalue weighted by molar-refractivity contribution is 7.47. The van der Waals surface area contributed by atoms with Crippen LogP contribution in [-0.2, 0) is 27.9 Å². The molecule has 0 radical (unpaired) electrons. The van der Waals surface area contributed by atoms with Gasteiger partial charge in [0.05, 0.1) is 34.4 Å². The van der Waals surface area contributed by atoms with Crippen LogP contribution in [-0.4, -0.2) is 75.6 Å². The van der Waals surface area contributed by atoms with Gasteiger partial charge in [-0.05, 0) is 77.0 Å². The Bertz CT molecular complexity index is 1090. The van der Waals surface area contributed by atoms with Crippen LogP contribution in [0, 0.1) is 0 Å². The largest absolute Gasteiger partial charge is 0.472 e. The van der Waals surface area contributed by atoms with Gasteiger partial charge in [-0.3, -0.25) is 13.8 Å². The maximum absolute atomic E-state index is 12.7. The molecule has 2 unspecified atom stereocenters. The zero-order valence-corrected chi connectivity index (χ0v) is 38.5. The highest BCUT2D eigenvalue weighted by Gasteiger charge is 2.26. The average molecular weight is 823 g/mol. The third-order valence-electron chi connectivity index (χ3n) is 9.56. The monoisotopic (exact) mass is 823 g/mol. The molecule has 0 aliphatic rings. The lowest BCUT2D eigenvalue weighted by atomic mass is 10.1. The number of hydrogen-bond donors (Lipinski definition) is 1. The fourth-order valence-electron chi connectivity index (χ4n) is 6.01. The van der Waals surface area contributed by atoms with Gasteiger partial charge in [-0.25, -0.2) is 4.57 Å². The van der Waals surface area contributed by atoms with Gasteiger partial charge >= 0.3 is 13.8 Å². The van der Waals surface area contributed by atoms with Crippen molar-refractivity contribution in [3.05, 3.63) is 60.8 Å². The van der Waals surface area contributed by atoms with Gasteiger partial charge in [-0.2, -0.15) is 0 Å². The van der Waals surface area contributed by atoms with Gasteiger partial charge in [-0.1, -0.05) is 158 Å². The number of allylic oxidation sites excluding steroid dienone is 10. The van der Waals surface area contributed by atoms with Crippen molar-refractivity contribution >= 4 is 13.8 Å². The van der Waals surface area contributed by atoms with Gasteiger partial charge in [-0.15, -0.1) is 0 Å². The molecule has 57 heavy (non-hydrogen) atoms. The smallest absolute Gasteiger partial charge is 0.457 e. The van der Waals surface area contributed by atoms with E-state index in [2.05, 4.69) is 74.6 Å². The number of likely N-dealkylation sites (N-methyl/N-ethyl adjacent to an activating group) is 1. The Kier molecular flexibility index (Phi) is 39.7. The van der Waals surface area contributed by atoms with Crippen molar-refractivity contribution < 1.29 is 37.3 Å².